The van der Waals surface area contributed by atoms with Gasteiger partial charge in [-0.1, -0.05) is 0 Å². The van der Waals surface area contributed by atoms with Gasteiger partial charge >= 0.3 is 0 Å². The lowest BCUT2D eigenvalue weighted by Crippen LogP contribution is -2.31. The van der Waals surface area contributed by atoms with Gasteiger partial charge in [-0.2, -0.15) is 5.10 Å². The summed E-state index contributed by atoms with van der Waals surface area (Å²) in [7, 11) is 0. The third-order valence-electron chi connectivity index (χ3n) is 3.09. The molecule has 1 aliphatic heterocycles. The summed E-state index contributed by atoms with van der Waals surface area (Å²) in [4.78, 5) is 11.9. The molecule has 0 bridgehead atoms. The van der Waals surface area contributed by atoms with Crippen molar-refractivity contribution < 1.29 is 4.79 Å². The predicted molar refractivity (Wildman–Crippen MR) is 62.1 cm³/mol. The quantitative estimate of drug-likeness (QED) is 0.796. The van der Waals surface area contributed by atoms with E-state index in [1.54, 1.807) is 10.9 Å². The van der Waals surface area contributed by atoms with E-state index in [0.717, 1.165) is 25.2 Å². The van der Waals surface area contributed by atoms with E-state index in [1.807, 2.05) is 20.0 Å². The molecule has 2 atom stereocenters. The Morgan fingerprint density at radius 3 is 3.12 bits per heavy atom. The van der Waals surface area contributed by atoms with Gasteiger partial charge in [0.1, 0.15) is 0 Å². The summed E-state index contributed by atoms with van der Waals surface area (Å²) in [5.41, 5.74) is 0.783. The largest absolute Gasteiger partial charge is 0.323 e. The van der Waals surface area contributed by atoms with Crippen molar-refractivity contribution in [2.75, 3.05) is 11.9 Å². The molecule has 1 aromatic heterocycles. The molecule has 0 radical (unpaired) electrons. The van der Waals surface area contributed by atoms with Crippen molar-refractivity contribution in [2.45, 2.75) is 32.9 Å². The Kier molecular flexibility index (Phi) is 3.24. The van der Waals surface area contributed by atoms with Gasteiger partial charge in [0.25, 0.3) is 0 Å². The van der Waals surface area contributed by atoms with E-state index < -0.39 is 0 Å². The SMILES string of the molecule is CCn1cc(NC(=O)C2CCNC2C)cn1. The van der Waals surface area contributed by atoms with Crippen LogP contribution in [-0.2, 0) is 11.3 Å². The number of carbonyl (C=O) groups is 1. The lowest BCUT2D eigenvalue weighted by molar-refractivity contribution is -0.119. The van der Waals surface area contributed by atoms with Crippen LogP contribution in [0.25, 0.3) is 0 Å². The topological polar surface area (TPSA) is 59.0 Å². The Labute approximate surface area is 95.2 Å². The highest BCUT2D eigenvalue weighted by molar-refractivity contribution is 5.92. The van der Waals surface area contributed by atoms with Crippen LogP contribution in [0.3, 0.4) is 0 Å². The van der Waals surface area contributed by atoms with Gasteiger partial charge in [0.15, 0.2) is 0 Å². The first-order chi connectivity index (χ1) is 7.70. The first-order valence-electron chi connectivity index (χ1n) is 5.77. The molecule has 2 heterocycles. The zero-order valence-corrected chi connectivity index (χ0v) is 9.73. The fraction of sp³-hybridized carbons (Fsp3) is 0.636. The summed E-state index contributed by atoms with van der Waals surface area (Å²) in [6.07, 6.45) is 4.45. The summed E-state index contributed by atoms with van der Waals surface area (Å²) < 4.78 is 1.80. The van der Waals surface area contributed by atoms with E-state index in [0.29, 0.717) is 0 Å². The number of nitrogens with zero attached hydrogens (tertiary/aromatic N) is 2. The van der Waals surface area contributed by atoms with Gasteiger partial charge in [-0.05, 0) is 26.8 Å². The number of aryl methyl sites for hydroxylation is 1. The molecule has 1 saturated heterocycles. The van der Waals surface area contributed by atoms with E-state index in [9.17, 15) is 4.79 Å². The molecular formula is C11H18N4O. The summed E-state index contributed by atoms with van der Waals surface area (Å²) in [6, 6.07) is 0.265. The van der Waals surface area contributed by atoms with Gasteiger partial charge in [-0.15, -0.1) is 0 Å². The average Bonchev–Trinajstić information content (AvgIpc) is 2.86. The van der Waals surface area contributed by atoms with Crippen LogP contribution in [0.15, 0.2) is 12.4 Å². The lowest BCUT2D eigenvalue weighted by atomic mass is 10.0. The van der Waals surface area contributed by atoms with Crippen molar-refractivity contribution in [3.63, 3.8) is 0 Å². The average molecular weight is 222 g/mol. The van der Waals surface area contributed by atoms with Crippen LogP contribution in [0, 0.1) is 5.92 Å². The summed E-state index contributed by atoms with van der Waals surface area (Å²) >= 11 is 0. The fourth-order valence-electron chi connectivity index (χ4n) is 2.05. The van der Waals surface area contributed by atoms with Crippen LogP contribution in [0.2, 0.25) is 0 Å². The smallest absolute Gasteiger partial charge is 0.229 e. The number of nitrogens with one attached hydrogen (secondary N) is 2. The minimum absolute atomic E-state index is 0.0741. The second kappa shape index (κ2) is 4.65. The molecule has 1 aliphatic rings. The van der Waals surface area contributed by atoms with Gasteiger partial charge < -0.3 is 10.6 Å². The molecular weight excluding hydrogens is 204 g/mol. The van der Waals surface area contributed by atoms with Crippen LogP contribution in [-0.4, -0.2) is 28.3 Å². The molecule has 2 rings (SSSR count). The van der Waals surface area contributed by atoms with Crippen LogP contribution >= 0.6 is 0 Å². The minimum atomic E-state index is 0.0741. The van der Waals surface area contributed by atoms with Gasteiger partial charge in [0.05, 0.1) is 17.8 Å². The molecule has 1 aromatic rings. The van der Waals surface area contributed by atoms with Crippen LogP contribution in [0.1, 0.15) is 20.3 Å². The summed E-state index contributed by atoms with van der Waals surface area (Å²) in [5, 5.41) is 10.3. The monoisotopic (exact) mass is 222 g/mol. The van der Waals surface area contributed by atoms with Crippen molar-refractivity contribution in [1.29, 1.82) is 0 Å². The van der Waals surface area contributed by atoms with Crippen molar-refractivity contribution in [1.82, 2.24) is 15.1 Å². The molecule has 0 aromatic carbocycles. The molecule has 5 nitrogen and oxygen atoms in total. The van der Waals surface area contributed by atoms with Crippen LogP contribution < -0.4 is 10.6 Å². The van der Waals surface area contributed by atoms with Gasteiger partial charge in [-0.3, -0.25) is 9.48 Å². The Hall–Kier alpha value is -1.36. The molecule has 1 amide bonds. The molecule has 0 spiro atoms. The number of anilines is 1. The Balaban J connectivity index is 1.96. The lowest BCUT2D eigenvalue weighted by Gasteiger charge is -2.13. The Morgan fingerprint density at radius 1 is 1.75 bits per heavy atom. The summed E-state index contributed by atoms with van der Waals surface area (Å²) in [5.74, 6) is 0.165. The number of carbonyl (C=O) groups excluding carboxylic acids is 1. The number of hydrogen-bond donors (Lipinski definition) is 2. The highest BCUT2D eigenvalue weighted by atomic mass is 16.2. The molecule has 2 N–H and O–H groups in total. The number of amides is 1. The first kappa shape index (κ1) is 11.1. The van der Waals surface area contributed by atoms with Crippen molar-refractivity contribution >= 4 is 11.6 Å². The van der Waals surface area contributed by atoms with E-state index >= 15 is 0 Å². The number of aromatic nitrogens is 2. The molecule has 88 valence electrons. The van der Waals surface area contributed by atoms with Gasteiger partial charge in [-0.25, -0.2) is 0 Å². The van der Waals surface area contributed by atoms with Gasteiger partial charge in [0.2, 0.25) is 5.91 Å². The maximum atomic E-state index is 11.9. The maximum absolute atomic E-state index is 11.9. The van der Waals surface area contributed by atoms with Crippen molar-refractivity contribution in [3.8, 4) is 0 Å². The van der Waals surface area contributed by atoms with E-state index in [-0.39, 0.29) is 17.9 Å². The van der Waals surface area contributed by atoms with E-state index in [4.69, 9.17) is 0 Å². The van der Waals surface area contributed by atoms with Crippen molar-refractivity contribution in [3.05, 3.63) is 12.4 Å². The zero-order chi connectivity index (χ0) is 11.5. The number of rotatable bonds is 3. The third kappa shape index (κ3) is 2.24. The summed E-state index contributed by atoms with van der Waals surface area (Å²) in [6.45, 7) is 5.80. The highest BCUT2D eigenvalue weighted by Gasteiger charge is 2.29. The molecule has 5 heteroatoms. The van der Waals surface area contributed by atoms with Crippen LogP contribution in [0.4, 0.5) is 5.69 Å². The second-order valence-electron chi connectivity index (χ2n) is 4.21. The highest BCUT2D eigenvalue weighted by Crippen LogP contribution is 2.17. The van der Waals surface area contributed by atoms with Crippen molar-refractivity contribution in [2.24, 2.45) is 5.92 Å². The maximum Gasteiger partial charge on any atom is 0.229 e. The van der Waals surface area contributed by atoms with Crippen LogP contribution in [0.5, 0.6) is 0 Å². The Bertz CT molecular complexity index is 374. The first-order valence-corrected chi connectivity index (χ1v) is 5.77. The fourth-order valence-corrected chi connectivity index (χ4v) is 2.05. The minimum Gasteiger partial charge on any atom is -0.323 e. The second-order valence-corrected chi connectivity index (χ2v) is 4.21. The Morgan fingerprint density at radius 2 is 2.56 bits per heavy atom. The third-order valence-corrected chi connectivity index (χ3v) is 3.09. The molecule has 0 saturated carbocycles. The van der Waals surface area contributed by atoms with E-state index in [2.05, 4.69) is 15.7 Å². The predicted octanol–water partition coefficient (Wildman–Crippen LogP) is 0.839. The number of hydrogen-bond acceptors (Lipinski definition) is 3. The normalized spacial score (nSPS) is 24.6. The standard InChI is InChI=1S/C11H18N4O/c1-3-15-7-9(6-13-15)14-11(16)10-4-5-12-8(10)2/h6-8,10,12H,3-5H2,1-2H3,(H,14,16). The van der Waals surface area contributed by atoms with E-state index in [1.165, 1.54) is 0 Å². The molecule has 16 heavy (non-hydrogen) atoms. The zero-order valence-electron chi connectivity index (χ0n) is 9.73. The van der Waals surface area contributed by atoms with Gasteiger partial charge in [0, 0.05) is 18.8 Å². The molecule has 1 fully saturated rings. The molecule has 2 unspecified atom stereocenters. The molecule has 0 aliphatic carbocycles.